The summed E-state index contributed by atoms with van der Waals surface area (Å²) in [4.78, 5) is 23.3. The topological polar surface area (TPSA) is 93.8 Å². The average molecular weight is 340 g/mol. The van der Waals surface area contributed by atoms with E-state index in [1.165, 1.54) is 0 Å². The first-order valence-electron chi connectivity index (χ1n) is 8.30. The van der Waals surface area contributed by atoms with Gasteiger partial charge in [-0.1, -0.05) is 0 Å². The van der Waals surface area contributed by atoms with Gasteiger partial charge in [0.15, 0.2) is 5.65 Å². The van der Waals surface area contributed by atoms with E-state index in [-0.39, 0.29) is 11.9 Å². The first kappa shape index (κ1) is 15.6. The Morgan fingerprint density at radius 1 is 1.32 bits per heavy atom. The largest absolute Gasteiger partial charge is 0.354 e. The molecular weight excluding hydrogens is 320 g/mol. The number of amides is 1. The van der Waals surface area contributed by atoms with Gasteiger partial charge < -0.3 is 10.2 Å². The second-order valence-corrected chi connectivity index (χ2v) is 6.34. The van der Waals surface area contributed by atoms with Crippen LogP contribution in [0.3, 0.4) is 0 Å². The van der Waals surface area contributed by atoms with E-state index < -0.39 is 0 Å². The third-order valence-electron chi connectivity index (χ3n) is 4.51. The van der Waals surface area contributed by atoms with E-state index in [0.717, 1.165) is 36.2 Å². The number of rotatable bonds is 3. The number of nitrogens with one attached hydrogen (secondary N) is 1. The van der Waals surface area contributed by atoms with Crippen molar-refractivity contribution in [1.29, 1.82) is 0 Å². The molecule has 9 nitrogen and oxygen atoms in total. The van der Waals surface area contributed by atoms with Crippen LogP contribution in [0.4, 0.5) is 5.82 Å². The predicted molar refractivity (Wildman–Crippen MR) is 92.2 cm³/mol. The van der Waals surface area contributed by atoms with Crippen molar-refractivity contribution in [2.24, 2.45) is 14.1 Å². The molecule has 0 bridgehead atoms. The molecule has 130 valence electrons. The molecule has 9 heteroatoms. The number of piperidine rings is 1. The Morgan fingerprint density at radius 2 is 2.20 bits per heavy atom. The fraction of sp³-hybridized carbons (Fsp3) is 0.438. The number of fused-ring (bicyclic) bond motifs is 1. The maximum Gasteiger partial charge on any atom is 0.272 e. The summed E-state index contributed by atoms with van der Waals surface area (Å²) < 4.78 is 3.37. The Hall–Kier alpha value is -2.97. The number of nitrogens with zero attached hydrogens (tertiary/aromatic N) is 7. The molecule has 3 aromatic rings. The van der Waals surface area contributed by atoms with Gasteiger partial charge in [0, 0.05) is 39.4 Å². The fourth-order valence-electron chi connectivity index (χ4n) is 3.28. The summed E-state index contributed by atoms with van der Waals surface area (Å²) >= 11 is 0. The average Bonchev–Trinajstić information content (AvgIpc) is 3.21. The lowest BCUT2D eigenvalue weighted by molar-refractivity contribution is 0.0927. The lowest BCUT2D eigenvalue weighted by Gasteiger charge is -2.34. The van der Waals surface area contributed by atoms with E-state index in [1.807, 2.05) is 7.05 Å². The zero-order valence-electron chi connectivity index (χ0n) is 14.3. The van der Waals surface area contributed by atoms with Gasteiger partial charge in [-0.05, 0) is 18.9 Å². The Morgan fingerprint density at radius 3 is 3.00 bits per heavy atom. The second-order valence-electron chi connectivity index (χ2n) is 6.34. The van der Waals surface area contributed by atoms with E-state index in [9.17, 15) is 4.79 Å². The van der Waals surface area contributed by atoms with E-state index in [4.69, 9.17) is 0 Å². The highest BCUT2D eigenvalue weighted by Gasteiger charge is 2.25. The van der Waals surface area contributed by atoms with Crippen molar-refractivity contribution in [2.75, 3.05) is 18.0 Å². The smallest absolute Gasteiger partial charge is 0.272 e. The van der Waals surface area contributed by atoms with Crippen LogP contribution in [0.5, 0.6) is 0 Å². The number of anilines is 1. The number of aryl methyl sites for hydroxylation is 2. The van der Waals surface area contributed by atoms with Crippen molar-refractivity contribution in [3.63, 3.8) is 0 Å². The number of carbonyl (C=O) groups excluding carboxylic acids is 1. The molecule has 25 heavy (non-hydrogen) atoms. The standard InChI is InChI=1S/C16H20N8O/c1-22-7-5-13(21-22)16(25)20-11-4-3-6-24(9-11)15-12-8-19-23(2)14(12)17-10-18-15/h5,7-8,10-11H,3-4,6,9H2,1-2H3,(H,20,25). The minimum Gasteiger partial charge on any atom is -0.354 e. The van der Waals surface area contributed by atoms with Crippen LogP contribution in [-0.2, 0) is 14.1 Å². The van der Waals surface area contributed by atoms with Gasteiger partial charge in [-0.2, -0.15) is 10.2 Å². The van der Waals surface area contributed by atoms with Gasteiger partial charge in [0.25, 0.3) is 5.91 Å². The molecule has 4 rings (SSSR count). The van der Waals surface area contributed by atoms with E-state index in [1.54, 1.807) is 41.2 Å². The predicted octanol–water partition coefficient (Wildman–Crippen LogP) is 0.496. The monoisotopic (exact) mass is 340 g/mol. The number of hydrogen-bond donors (Lipinski definition) is 1. The molecular formula is C16H20N8O. The van der Waals surface area contributed by atoms with Gasteiger partial charge >= 0.3 is 0 Å². The molecule has 0 radical (unpaired) electrons. The molecule has 0 spiro atoms. The molecule has 1 saturated heterocycles. The number of carbonyl (C=O) groups is 1. The van der Waals surface area contributed by atoms with Crippen LogP contribution < -0.4 is 10.2 Å². The van der Waals surface area contributed by atoms with Crippen molar-refractivity contribution in [2.45, 2.75) is 18.9 Å². The zero-order valence-corrected chi connectivity index (χ0v) is 14.3. The van der Waals surface area contributed by atoms with Crippen LogP contribution in [0.15, 0.2) is 24.8 Å². The molecule has 1 unspecified atom stereocenters. The van der Waals surface area contributed by atoms with Gasteiger partial charge in [0.05, 0.1) is 11.6 Å². The SMILES string of the molecule is Cn1ccc(C(=O)NC2CCCN(c3ncnc4c3cnn4C)C2)n1. The highest BCUT2D eigenvalue weighted by Crippen LogP contribution is 2.25. The summed E-state index contributed by atoms with van der Waals surface area (Å²) in [6.45, 7) is 1.61. The molecule has 3 aromatic heterocycles. The lowest BCUT2D eigenvalue weighted by Crippen LogP contribution is -2.48. The molecule has 1 atom stereocenters. The van der Waals surface area contributed by atoms with E-state index in [0.29, 0.717) is 12.2 Å². The van der Waals surface area contributed by atoms with Gasteiger partial charge in [0.2, 0.25) is 0 Å². The van der Waals surface area contributed by atoms with Crippen molar-refractivity contribution in [1.82, 2.24) is 34.8 Å². The molecule has 1 amide bonds. The fourth-order valence-corrected chi connectivity index (χ4v) is 3.28. The number of hydrogen-bond acceptors (Lipinski definition) is 6. The normalized spacial score (nSPS) is 17.8. The van der Waals surface area contributed by atoms with Crippen LogP contribution in [0.2, 0.25) is 0 Å². The molecule has 0 aliphatic carbocycles. The number of aromatic nitrogens is 6. The summed E-state index contributed by atoms with van der Waals surface area (Å²) in [5, 5.41) is 12.4. The molecule has 0 aromatic carbocycles. The summed E-state index contributed by atoms with van der Waals surface area (Å²) in [5.41, 5.74) is 1.25. The van der Waals surface area contributed by atoms with Crippen molar-refractivity contribution >= 4 is 22.8 Å². The lowest BCUT2D eigenvalue weighted by atomic mass is 10.1. The molecule has 0 saturated carbocycles. The van der Waals surface area contributed by atoms with E-state index in [2.05, 4.69) is 30.4 Å². The Bertz CT molecular complexity index is 914. The van der Waals surface area contributed by atoms with Crippen LogP contribution in [0.1, 0.15) is 23.3 Å². The molecule has 1 aliphatic rings. The van der Waals surface area contributed by atoms with Crippen LogP contribution in [0.25, 0.3) is 11.0 Å². The minimum atomic E-state index is -0.137. The summed E-state index contributed by atoms with van der Waals surface area (Å²) in [5.74, 6) is 0.733. The minimum absolute atomic E-state index is 0.0601. The quantitative estimate of drug-likeness (QED) is 0.746. The second kappa shape index (κ2) is 6.15. The summed E-state index contributed by atoms with van der Waals surface area (Å²) in [7, 11) is 3.67. The van der Waals surface area contributed by atoms with Crippen molar-refractivity contribution in [3.8, 4) is 0 Å². The van der Waals surface area contributed by atoms with E-state index >= 15 is 0 Å². The maximum atomic E-state index is 12.3. The Balaban J connectivity index is 1.51. The third-order valence-corrected chi connectivity index (χ3v) is 4.51. The Kier molecular flexibility index (Phi) is 3.83. The highest BCUT2D eigenvalue weighted by molar-refractivity contribution is 5.92. The van der Waals surface area contributed by atoms with Crippen LogP contribution in [0, 0.1) is 0 Å². The highest BCUT2D eigenvalue weighted by atomic mass is 16.2. The van der Waals surface area contributed by atoms with Crippen LogP contribution >= 0.6 is 0 Å². The molecule has 1 fully saturated rings. The van der Waals surface area contributed by atoms with Crippen molar-refractivity contribution in [3.05, 3.63) is 30.5 Å². The Labute approximate surface area is 144 Å². The van der Waals surface area contributed by atoms with Gasteiger partial charge in [-0.25, -0.2) is 9.97 Å². The maximum absolute atomic E-state index is 12.3. The molecule has 4 heterocycles. The first-order valence-corrected chi connectivity index (χ1v) is 8.30. The third kappa shape index (κ3) is 2.92. The molecule has 1 N–H and O–H groups in total. The first-order chi connectivity index (χ1) is 12.1. The molecule has 1 aliphatic heterocycles. The van der Waals surface area contributed by atoms with Gasteiger partial charge in [-0.3, -0.25) is 14.2 Å². The van der Waals surface area contributed by atoms with Crippen LogP contribution in [-0.4, -0.2) is 54.6 Å². The zero-order chi connectivity index (χ0) is 17.4. The summed E-state index contributed by atoms with van der Waals surface area (Å²) in [6.07, 6.45) is 7.05. The van der Waals surface area contributed by atoms with Crippen molar-refractivity contribution < 1.29 is 4.79 Å². The van der Waals surface area contributed by atoms with Gasteiger partial charge in [-0.15, -0.1) is 0 Å². The summed E-state index contributed by atoms with van der Waals surface area (Å²) in [6, 6.07) is 1.78. The van der Waals surface area contributed by atoms with Gasteiger partial charge in [0.1, 0.15) is 17.8 Å².